The van der Waals surface area contributed by atoms with Crippen LogP contribution in [0.1, 0.15) is 331 Å². The van der Waals surface area contributed by atoms with Gasteiger partial charge < -0.3 is 0 Å². The second-order valence-corrected chi connectivity index (χ2v) is 33.8. The van der Waals surface area contributed by atoms with Gasteiger partial charge in [0.1, 0.15) is 5.69 Å². The number of rotatable bonds is 14. The maximum absolute atomic E-state index is 14.0. The van der Waals surface area contributed by atoms with Crippen LogP contribution < -0.4 is 0 Å². The molecule has 2 atom stereocenters. The fraction of sp³-hybridized carbons (Fsp3) is 0.522. The van der Waals surface area contributed by atoms with E-state index in [1.54, 1.807) is 53.7 Å². The molecule has 0 bridgehead atoms. The van der Waals surface area contributed by atoms with Crippen LogP contribution in [0.2, 0.25) is 0 Å². The van der Waals surface area contributed by atoms with Gasteiger partial charge in [0.05, 0.1) is 73.5 Å². The molecule has 5 aliphatic rings. The molecule has 5 aliphatic carbocycles. The largest absolute Gasteiger partial charge is 0.433 e. The van der Waals surface area contributed by atoms with Gasteiger partial charge in [-0.3, -0.25) is 0 Å². The summed E-state index contributed by atoms with van der Waals surface area (Å²) >= 11 is 0. The molecule has 124 heavy (non-hydrogen) atoms. The number of pyridine rings is 1. The zero-order valence-electron chi connectivity index (χ0n) is 69.4. The molecule has 684 valence electrons. The van der Waals surface area contributed by atoms with Crippen LogP contribution in [0.5, 0.6) is 0 Å². The molecule has 2 unspecified atom stereocenters. The maximum atomic E-state index is 14.0. The molecule has 0 spiro atoms. The van der Waals surface area contributed by atoms with Crippen molar-refractivity contribution >= 4 is 0 Å². The van der Waals surface area contributed by atoms with Gasteiger partial charge in [-0.1, -0.05) is 115 Å². The predicted octanol–water partition coefficient (Wildman–Crippen LogP) is 33.3. The van der Waals surface area contributed by atoms with Crippen molar-refractivity contribution in [2.24, 2.45) is 11.8 Å². The van der Waals surface area contributed by atoms with Crippen LogP contribution in [-0.4, -0.2) is 11.2 Å². The van der Waals surface area contributed by atoms with E-state index in [1.807, 2.05) is 47.6 Å². The van der Waals surface area contributed by atoms with E-state index in [1.165, 1.54) is 44.2 Å². The van der Waals surface area contributed by atoms with E-state index in [2.05, 4.69) is 17.1 Å². The molecule has 5 fully saturated rings. The van der Waals surface area contributed by atoms with Gasteiger partial charge in [-0.25, -0.2) is 22.5 Å². The highest BCUT2D eigenvalue weighted by atomic mass is 19.4. The molecule has 0 aliphatic heterocycles. The number of aromatic nitrogens is 1. The number of nitriles is 2. The van der Waals surface area contributed by atoms with Crippen molar-refractivity contribution in [2.75, 3.05) is 0 Å². The first-order chi connectivity index (χ1) is 56.3. The Hall–Kier alpha value is -8.72. The summed E-state index contributed by atoms with van der Waals surface area (Å²) in [6.07, 6.45) is -38.4. The van der Waals surface area contributed by atoms with Gasteiger partial charge in [-0.05, 0) is 270 Å². The van der Waals surface area contributed by atoms with Crippen LogP contribution >= 0.6 is 0 Å². The Balaban J connectivity index is 0.000000224. The van der Waals surface area contributed by atoms with Crippen LogP contribution in [0.3, 0.4) is 0 Å². The van der Waals surface area contributed by atoms with E-state index in [0.717, 1.165) is 78.6 Å². The lowest BCUT2D eigenvalue weighted by Crippen LogP contribution is -2.18. The van der Waals surface area contributed by atoms with Crippen molar-refractivity contribution in [3.8, 4) is 12.1 Å². The van der Waals surface area contributed by atoms with E-state index in [0.29, 0.717) is 84.4 Å². The van der Waals surface area contributed by atoms with Gasteiger partial charge in [0.25, 0.3) is 12.3 Å². The monoisotopic (exact) mass is 1800 g/mol. The molecule has 12 rings (SSSR count). The van der Waals surface area contributed by atoms with Crippen LogP contribution in [-0.2, 0) is 66.2 Å². The Bertz CT molecular complexity index is 4590. The second kappa shape index (κ2) is 38.9. The molecular weight excluding hydrogens is 1710 g/mol. The average molecular weight is 1800 g/mol. The van der Waals surface area contributed by atoms with E-state index in [-0.39, 0.29) is 70.4 Å². The third-order valence-electron chi connectivity index (χ3n) is 21.3. The summed E-state index contributed by atoms with van der Waals surface area (Å²) in [5, 5.41) is 18.2. The minimum Gasteiger partial charge on any atom is -0.247 e. The molecule has 1 aromatic heterocycles. The normalized spacial score (nSPS) is 17.1. The molecule has 0 N–H and O–H groups in total. The SMILES string of the molecule is CC(C)c1cc(C(F)(F)F)cc(C(F)(F)C2CC2)c1.CC(C)c1cc(C(F)(F)F)cc(C(F)(F)F)c1.CC(C)c1cc(C(F)(F)F)cc(C2(C#N)CC2)c1.CC(C)c1cc(C(F)(F)F)nc(C2(C#N)CC2)c1.CC(C)c1cc(C(F)F)cc(C(F)(F)F)c1.CC(C)c1cc(C2CC2)cc(C(F)(F)F)c1.CC(C)c1cc(C2CC2C(F)(F)F)cc(C(F)(F)F)c1. The molecule has 6 aromatic carbocycles. The van der Waals surface area contributed by atoms with Crippen molar-refractivity contribution < 1.29 is 136 Å². The molecule has 7 aromatic rings. The van der Waals surface area contributed by atoms with Crippen molar-refractivity contribution in [1.29, 1.82) is 10.5 Å². The lowest BCUT2D eigenvalue weighted by atomic mass is 9.90. The minimum absolute atomic E-state index is 0.0144. The summed E-state index contributed by atoms with van der Waals surface area (Å²) in [4.78, 5) is 3.64. The number of nitrogens with zero attached hydrogens (tertiary/aromatic N) is 3. The van der Waals surface area contributed by atoms with Gasteiger partial charge in [-0.2, -0.15) is 129 Å². The maximum Gasteiger partial charge on any atom is 0.433 e. The molecular formula is C90H92F31N3. The summed E-state index contributed by atoms with van der Waals surface area (Å²) in [7, 11) is 0. The van der Waals surface area contributed by atoms with Crippen LogP contribution in [0.4, 0.5) is 136 Å². The smallest absolute Gasteiger partial charge is 0.247 e. The minimum atomic E-state index is -4.77. The van der Waals surface area contributed by atoms with E-state index < -0.39 is 158 Å². The summed E-state index contributed by atoms with van der Waals surface area (Å²) in [5.74, 6) is -6.85. The molecule has 34 heteroatoms. The zero-order chi connectivity index (χ0) is 94.7. The fourth-order valence-corrected chi connectivity index (χ4v) is 12.6. The molecule has 1 heterocycles. The average Bonchev–Trinajstić information content (AvgIpc) is 1.55. The Labute approximate surface area is 698 Å². The third kappa shape index (κ3) is 29.2. The lowest BCUT2D eigenvalue weighted by Gasteiger charge is -2.20. The highest BCUT2D eigenvalue weighted by molar-refractivity contribution is 5.46. The third-order valence-corrected chi connectivity index (χ3v) is 21.3. The Morgan fingerprint density at radius 1 is 0.306 bits per heavy atom. The van der Waals surface area contributed by atoms with Crippen molar-refractivity contribution in [2.45, 2.75) is 287 Å². The van der Waals surface area contributed by atoms with Crippen LogP contribution in [0, 0.1) is 34.5 Å². The Morgan fingerprint density at radius 3 is 0.903 bits per heavy atom. The van der Waals surface area contributed by atoms with Crippen molar-refractivity contribution in [3.63, 3.8) is 0 Å². The first-order valence-electron chi connectivity index (χ1n) is 39.4. The Morgan fingerprint density at radius 2 is 0.597 bits per heavy atom. The van der Waals surface area contributed by atoms with Crippen molar-refractivity contribution in [1.82, 2.24) is 4.98 Å². The Kier molecular flexibility index (Phi) is 32.6. The highest BCUT2D eigenvalue weighted by Crippen LogP contribution is 2.58. The predicted molar refractivity (Wildman–Crippen MR) is 405 cm³/mol. The summed E-state index contributed by atoms with van der Waals surface area (Å²) in [5.41, 5.74) is -5.21. The van der Waals surface area contributed by atoms with Crippen LogP contribution in [0.15, 0.2) is 121 Å². The molecule has 0 amide bonds. The van der Waals surface area contributed by atoms with Gasteiger partial charge in [0.15, 0.2) is 0 Å². The first-order valence-corrected chi connectivity index (χ1v) is 39.4. The molecule has 5 saturated carbocycles. The number of alkyl halides is 31. The molecule has 0 radical (unpaired) electrons. The van der Waals surface area contributed by atoms with E-state index in [9.17, 15) is 136 Å². The van der Waals surface area contributed by atoms with E-state index in [4.69, 9.17) is 10.5 Å². The number of hydrogen-bond acceptors (Lipinski definition) is 3. The quantitative estimate of drug-likeness (QED) is 0.102. The standard InChI is InChI=1S/C14H14F6.C14H15F5.C14H14F3N.C13H13F3N2.C13H15F3.C11H10F6.C11H11F5/c1-7(2)8-3-9(5-10(4-8)13(15,16)17)11-6-12(11)14(18,19)20;1-8(2)9-5-11(13(15,16)10-3-4-10)7-12(6-9)14(17,18)19;1-9(2)10-5-11(13(8-18)3-4-13)7-12(6-10)14(15,16)17;1-8(2)9-5-10(12(7-17)3-4-12)18-11(6-9)13(14,15)16;1-8(2)10-5-11(9-3-4-9)7-12(6-10)13(14,15)16;1-6(2)7-3-8(10(12,13)14)5-9(4-7)11(15,16)17;1-6(2)7-3-8(10(12)13)5-9(4-7)11(14,15)16/h3-5,7,11-12H,6H2,1-2H3;5-8,10H,3-4H2,1-2H3;5-7,9H,3-4H2,1-2H3;5-6,8H,3-4H2,1-2H3;5-9H,3-4H2,1-2H3;3-6H,1-2H3;3-6,10H,1-2H3. The van der Waals surface area contributed by atoms with E-state index >= 15 is 0 Å². The van der Waals surface area contributed by atoms with Gasteiger partial charge in [0, 0.05) is 17.0 Å². The fourth-order valence-electron chi connectivity index (χ4n) is 12.6. The van der Waals surface area contributed by atoms with Crippen molar-refractivity contribution in [3.05, 3.63) is 238 Å². The van der Waals surface area contributed by atoms with Gasteiger partial charge >= 0.3 is 55.6 Å². The van der Waals surface area contributed by atoms with Crippen LogP contribution in [0.25, 0.3) is 0 Å². The number of hydrogen-bond donors (Lipinski definition) is 0. The van der Waals surface area contributed by atoms with Gasteiger partial charge in [0.2, 0.25) is 0 Å². The summed E-state index contributed by atoms with van der Waals surface area (Å²) in [6.45, 7) is 24.4. The number of benzene rings is 6. The zero-order valence-corrected chi connectivity index (χ0v) is 69.4. The molecule has 0 saturated heterocycles. The highest BCUT2D eigenvalue weighted by Gasteiger charge is 2.57. The number of halogens is 31. The second-order valence-electron chi connectivity index (χ2n) is 33.8. The summed E-state index contributed by atoms with van der Waals surface area (Å²) in [6, 6.07) is 25.7. The van der Waals surface area contributed by atoms with Gasteiger partial charge in [-0.15, -0.1) is 0 Å². The lowest BCUT2D eigenvalue weighted by molar-refractivity contribution is -0.149. The summed E-state index contributed by atoms with van der Waals surface area (Å²) < 4.78 is 394. The molecule has 3 nitrogen and oxygen atoms in total. The topological polar surface area (TPSA) is 60.5 Å². The first kappa shape index (κ1) is 104.